The molecule has 1 heterocycles. The zero-order valence-electron chi connectivity index (χ0n) is 11.3. The van der Waals surface area contributed by atoms with Gasteiger partial charge in [-0.3, -0.25) is 0 Å². The number of hydrogen-bond donors (Lipinski definition) is 1. The number of aryl methyl sites for hydroxylation is 1. The van der Waals surface area contributed by atoms with E-state index in [1.807, 2.05) is 6.26 Å². The zero-order valence-corrected chi connectivity index (χ0v) is 11.3. The molecular weight excluding hydrogens is 210 g/mol. The summed E-state index contributed by atoms with van der Waals surface area (Å²) in [5, 5.41) is 3.49. The lowest BCUT2D eigenvalue weighted by atomic mass is 9.73. The normalized spacial score (nSPS) is 27.0. The van der Waals surface area contributed by atoms with Crippen molar-refractivity contribution in [1.29, 1.82) is 0 Å². The first-order valence-corrected chi connectivity index (χ1v) is 6.99. The summed E-state index contributed by atoms with van der Waals surface area (Å²) in [4.78, 5) is 0. The first-order valence-electron chi connectivity index (χ1n) is 6.99. The van der Waals surface area contributed by atoms with Gasteiger partial charge in [0.2, 0.25) is 0 Å². The molecule has 0 aliphatic heterocycles. The highest BCUT2D eigenvalue weighted by Crippen LogP contribution is 2.40. The summed E-state index contributed by atoms with van der Waals surface area (Å²) in [7, 11) is 2.06. The zero-order chi connectivity index (χ0) is 12.3. The Bertz CT molecular complexity index is 344. The Morgan fingerprint density at radius 2 is 2.18 bits per heavy atom. The molecule has 0 bridgehead atoms. The van der Waals surface area contributed by atoms with Crippen molar-refractivity contribution in [1.82, 2.24) is 5.32 Å². The molecule has 2 heteroatoms. The summed E-state index contributed by atoms with van der Waals surface area (Å²) in [5.41, 5.74) is 1.28. The van der Waals surface area contributed by atoms with Crippen molar-refractivity contribution < 1.29 is 4.42 Å². The van der Waals surface area contributed by atoms with E-state index in [1.165, 1.54) is 37.7 Å². The molecule has 0 spiro atoms. The SMILES string of the molecule is CCC1CCCCC1C(NC)c1occc1C. The molecule has 1 aliphatic carbocycles. The number of rotatable bonds is 4. The van der Waals surface area contributed by atoms with Crippen LogP contribution in [-0.2, 0) is 0 Å². The van der Waals surface area contributed by atoms with Crippen LogP contribution in [0.3, 0.4) is 0 Å². The van der Waals surface area contributed by atoms with Gasteiger partial charge in [-0.15, -0.1) is 0 Å². The first kappa shape index (κ1) is 12.7. The van der Waals surface area contributed by atoms with Gasteiger partial charge in [0.25, 0.3) is 0 Å². The van der Waals surface area contributed by atoms with Crippen LogP contribution in [0.5, 0.6) is 0 Å². The van der Waals surface area contributed by atoms with Crippen LogP contribution in [0.15, 0.2) is 16.7 Å². The monoisotopic (exact) mass is 235 g/mol. The van der Waals surface area contributed by atoms with E-state index in [2.05, 4.69) is 32.3 Å². The molecule has 0 aromatic carbocycles. The number of hydrogen-bond acceptors (Lipinski definition) is 2. The highest BCUT2D eigenvalue weighted by Gasteiger charge is 2.32. The van der Waals surface area contributed by atoms with Crippen LogP contribution in [0.25, 0.3) is 0 Å². The van der Waals surface area contributed by atoms with Crippen molar-refractivity contribution in [2.24, 2.45) is 11.8 Å². The van der Waals surface area contributed by atoms with Crippen LogP contribution >= 0.6 is 0 Å². The maximum Gasteiger partial charge on any atom is 0.123 e. The van der Waals surface area contributed by atoms with E-state index in [1.54, 1.807) is 0 Å². The second kappa shape index (κ2) is 5.72. The second-order valence-electron chi connectivity index (χ2n) is 5.35. The van der Waals surface area contributed by atoms with E-state index >= 15 is 0 Å². The lowest BCUT2D eigenvalue weighted by molar-refractivity contribution is 0.166. The van der Waals surface area contributed by atoms with Crippen molar-refractivity contribution in [2.45, 2.75) is 52.0 Å². The molecule has 2 rings (SSSR count). The average molecular weight is 235 g/mol. The van der Waals surface area contributed by atoms with Crippen LogP contribution in [0.4, 0.5) is 0 Å². The van der Waals surface area contributed by atoms with Crippen molar-refractivity contribution in [2.75, 3.05) is 7.05 Å². The summed E-state index contributed by atoms with van der Waals surface area (Å²) in [6.07, 6.45) is 8.62. The highest BCUT2D eigenvalue weighted by atomic mass is 16.3. The molecule has 17 heavy (non-hydrogen) atoms. The molecule has 0 radical (unpaired) electrons. The predicted octanol–water partition coefficient (Wildman–Crippen LogP) is 4.06. The van der Waals surface area contributed by atoms with Crippen LogP contribution in [0, 0.1) is 18.8 Å². The fourth-order valence-corrected chi connectivity index (χ4v) is 3.42. The van der Waals surface area contributed by atoms with Gasteiger partial charge in [0.1, 0.15) is 5.76 Å². The predicted molar refractivity (Wildman–Crippen MR) is 71.0 cm³/mol. The maximum absolute atomic E-state index is 5.70. The van der Waals surface area contributed by atoms with Crippen molar-refractivity contribution >= 4 is 0 Å². The highest BCUT2D eigenvalue weighted by molar-refractivity contribution is 5.19. The van der Waals surface area contributed by atoms with Crippen molar-refractivity contribution in [3.05, 3.63) is 23.7 Å². The summed E-state index contributed by atoms with van der Waals surface area (Å²) < 4.78 is 5.70. The van der Waals surface area contributed by atoms with Gasteiger partial charge in [-0.05, 0) is 43.9 Å². The molecule has 3 unspecified atom stereocenters. The van der Waals surface area contributed by atoms with E-state index in [0.29, 0.717) is 6.04 Å². The largest absolute Gasteiger partial charge is 0.467 e. The summed E-state index contributed by atoms with van der Waals surface area (Å²) >= 11 is 0. The molecule has 0 amide bonds. The van der Waals surface area contributed by atoms with Gasteiger partial charge in [-0.2, -0.15) is 0 Å². The molecule has 1 aliphatic rings. The lowest BCUT2D eigenvalue weighted by Gasteiger charge is -2.36. The van der Waals surface area contributed by atoms with Gasteiger partial charge < -0.3 is 9.73 Å². The van der Waals surface area contributed by atoms with E-state index in [-0.39, 0.29) is 0 Å². The quantitative estimate of drug-likeness (QED) is 0.851. The second-order valence-corrected chi connectivity index (χ2v) is 5.35. The molecule has 1 saturated carbocycles. The van der Waals surface area contributed by atoms with Gasteiger partial charge in [-0.1, -0.05) is 32.6 Å². The van der Waals surface area contributed by atoms with Crippen molar-refractivity contribution in [3.63, 3.8) is 0 Å². The smallest absolute Gasteiger partial charge is 0.123 e. The average Bonchev–Trinajstić information content (AvgIpc) is 2.78. The van der Waals surface area contributed by atoms with Crippen molar-refractivity contribution in [3.8, 4) is 0 Å². The molecule has 2 nitrogen and oxygen atoms in total. The van der Waals surface area contributed by atoms with Crippen LogP contribution in [-0.4, -0.2) is 7.05 Å². The van der Waals surface area contributed by atoms with Gasteiger partial charge in [0, 0.05) is 0 Å². The Morgan fingerprint density at radius 3 is 2.76 bits per heavy atom. The molecule has 96 valence electrons. The van der Waals surface area contributed by atoms with E-state index in [9.17, 15) is 0 Å². The summed E-state index contributed by atoms with van der Waals surface area (Å²) in [6, 6.07) is 2.47. The number of nitrogens with one attached hydrogen (secondary N) is 1. The standard InChI is InChI=1S/C15H25NO/c1-4-12-7-5-6-8-13(12)14(16-3)15-11(2)9-10-17-15/h9-10,12-14,16H,4-8H2,1-3H3. The minimum Gasteiger partial charge on any atom is -0.467 e. The minimum atomic E-state index is 0.398. The molecule has 3 atom stereocenters. The van der Waals surface area contributed by atoms with Crippen LogP contribution in [0.1, 0.15) is 56.4 Å². The Labute approximate surface area is 105 Å². The Balaban J connectivity index is 2.19. The van der Waals surface area contributed by atoms with Crippen LogP contribution < -0.4 is 5.32 Å². The maximum atomic E-state index is 5.70. The molecular formula is C15H25NO. The third-order valence-corrected chi connectivity index (χ3v) is 4.42. The Hall–Kier alpha value is -0.760. The molecule has 1 aromatic heterocycles. The fourth-order valence-electron chi connectivity index (χ4n) is 3.42. The Morgan fingerprint density at radius 1 is 1.41 bits per heavy atom. The van der Waals surface area contributed by atoms with E-state index < -0.39 is 0 Å². The lowest BCUT2D eigenvalue weighted by Crippen LogP contribution is -2.32. The molecule has 1 aromatic rings. The van der Waals surface area contributed by atoms with E-state index in [4.69, 9.17) is 4.42 Å². The summed E-state index contributed by atoms with van der Waals surface area (Å²) in [5.74, 6) is 2.74. The minimum absolute atomic E-state index is 0.398. The first-order chi connectivity index (χ1) is 8.27. The van der Waals surface area contributed by atoms with Gasteiger partial charge in [-0.25, -0.2) is 0 Å². The third kappa shape index (κ3) is 2.57. The van der Waals surface area contributed by atoms with Crippen LogP contribution in [0.2, 0.25) is 0 Å². The third-order valence-electron chi connectivity index (χ3n) is 4.42. The molecule has 0 saturated heterocycles. The van der Waals surface area contributed by atoms with Gasteiger partial charge in [0.15, 0.2) is 0 Å². The topological polar surface area (TPSA) is 25.2 Å². The summed E-state index contributed by atoms with van der Waals surface area (Å²) in [6.45, 7) is 4.47. The van der Waals surface area contributed by atoms with Gasteiger partial charge >= 0.3 is 0 Å². The molecule has 1 fully saturated rings. The number of furan rings is 1. The Kier molecular flexibility index (Phi) is 4.27. The fraction of sp³-hybridized carbons (Fsp3) is 0.733. The molecule has 1 N–H and O–H groups in total. The van der Waals surface area contributed by atoms with E-state index in [0.717, 1.165) is 17.6 Å². The van der Waals surface area contributed by atoms with Gasteiger partial charge in [0.05, 0.1) is 12.3 Å².